The number of hydrogen-bond donors (Lipinski definition) is 0. The van der Waals surface area contributed by atoms with Gasteiger partial charge < -0.3 is 9.64 Å². The molecule has 128 valence electrons. The van der Waals surface area contributed by atoms with E-state index < -0.39 is 5.97 Å². The van der Waals surface area contributed by atoms with E-state index in [1.54, 1.807) is 47.4 Å². The fraction of sp³-hybridized carbons (Fsp3) is 0.211. The molecule has 1 aliphatic rings. The molecule has 1 aliphatic heterocycles. The molecule has 25 heavy (non-hydrogen) atoms. The van der Waals surface area contributed by atoms with E-state index >= 15 is 0 Å². The normalized spacial score (nSPS) is 13.8. The molecule has 0 atom stereocenters. The van der Waals surface area contributed by atoms with Gasteiger partial charge in [0.15, 0.2) is 12.4 Å². The molecule has 1 heterocycles. The second kappa shape index (κ2) is 7.49. The molecule has 6 heteroatoms. The Balaban J connectivity index is 1.59. The summed E-state index contributed by atoms with van der Waals surface area (Å²) in [4.78, 5) is 37.5. The van der Waals surface area contributed by atoms with Crippen LogP contribution in [0.4, 0.5) is 5.69 Å². The lowest BCUT2D eigenvalue weighted by atomic mass is 10.1. The highest BCUT2D eigenvalue weighted by molar-refractivity contribution is 6.30. The number of benzene rings is 2. The van der Waals surface area contributed by atoms with Crippen molar-refractivity contribution in [3.05, 3.63) is 64.7 Å². The zero-order chi connectivity index (χ0) is 17.8. The number of halogens is 1. The Morgan fingerprint density at radius 2 is 1.84 bits per heavy atom. The van der Waals surface area contributed by atoms with E-state index in [1.165, 1.54) is 6.07 Å². The Kier molecular flexibility index (Phi) is 5.14. The van der Waals surface area contributed by atoms with Crippen molar-refractivity contribution >= 4 is 34.9 Å². The van der Waals surface area contributed by atoms with Crippen LogP contribution in [0.5, 0.6) is 0 Å². The molecule has 0 N–H and O–H groups in total. The Labute approximate surface area is 150 Å². The number of nitrogens with zero attached hydrogens (tertiary/aromatic N) is 1. The zero-order valence-corrected chi connectivity index (χ0v) is 14.2. The second-order valence-electron chi connectivity index (χ2n) is 5.71. The van der Waals surface area contributed by atoms with Crippen molar-refractivity contribution in [2.75, 3.05) is 18.1 Å². The maximum absolute atomic E-state index is 12.2. The Morgan fingerprint density at radius 1 is 1.08 bits per heavy atom. The van der Waals surface area contributed by atoms with E-state index in [9.17, 15) is 14.4 Å². The van der Waals surface area contributed by atoms with Gasteiger partial charge in [-0.3, -0.25) is 9.59 Å². The molecule has 0 bridgehead atoms. The largest absolute Gasteiger partial charge is 0.454 e. The predicted molar refractivity (Wildman–Crippen MR) is 94.1 cm³/mol. The maximum atomic E-state index is 12.2. The molecule has 0 spiro atoms. The molecule has 1 saturated heterocycles. The smallest absolute Gasteiger partial charge is 0.338 e. The van der Waals surface area contributed by atoms with Gasteiger partial charge in [-0.05, 0) is 48.9 Å². The number of Topliss-reactive ketones (excluding diaryl/α,β-unsaturated/α-hetero) is 1. The van der Waals surface area contributed by atoms with Gasteiger partial charge in [0, 0.05) is 29.2 Å². The monoisotopic (exact) mass is 357 g/mol. The molecular weight excluding hydrogens is 342 g/mol. The van der Waals surface area contributed by atoms with Crippen molar-refractivity contribution in [2.45, 2.75) is 12.8 Å². The number of carbonyl (C=O) groups is 3. The molecule has 1 amide bonds. The molecule has 2 aromatic rings. The minimum Gasteiger partial charge on any atom is -0.454 e. The second-order valence-corrected chi connectivity index (χ2v) is 6.14. The lowest BCUT2D eigenvalue weighted by Crippen LogP contribution is -2.23. The molecule has 0 aliphatic carbocycles. The van der Waals surface area contributed by atoms with Crippen LogP contribution in [-0.4, -0.2) is 30.8 Å². The summed E-state index contributed by atoms with van der Waals surface area (Å²) >= 11 is 5.82. The molecule has 5 nitrogen and oxygen atoms in total. The van der Waals surface area contributed by atoms with Gasteiger partial charge in [-0.1, -0.05) is 17.7 Å². The number of esters is 1. The van der Waals surface area contributed by atoms with Crippen LogP contribution in [-0.2, 0) is 9.53 Å². The van der Waals surface area contributed by atoms with Crippen molar-refractivity contribution in [1.29, 1.82) is 0 Å². The van der Waals surface area contributed by atoms with E-state index in [2.05, 4.69) is 0 Å². The molecule has 0 unspecified atom stereocenters. The lowest BCUT2D eigenvalue weighted by Gasteiger charge is -2.15. The summed E-state index contributed by atoms with van der Waals surface area (Å²) in [5.74, 6) is -0.820. The van der Waals surface area contributed by atoms with Gasteiger partial charge in [-0.25, -0.2) is 4.79 Å². The van der Waals surface area contributed by atoms with E-state index in [0.717, 1.165) is 12.1 Å². The number of rotatable bonds is 5. The lowest BCUT2D eigenvalue weighted by molar-refractivity contribution is -0.117. The molecule has 0 saturated carbocycles. The van der Waals surface area contributed by atoms with Crippen LogP contribution in [0.15, 0.2) is 48.5 Å². The Bertz CT molecular complexity index is 816. The van der Waals surface area contributed by atoms with Crippen molar-refractivity contribution in [3.8, 4) is 0 Å². The van der Waals surface area contributed by atoms with Gasteiger partial charge in [0.1, 0.15) is 0 Å². The number of carbonyl (C=O) groups excluding carboxylic acids is 3. The van der Waals surface area contributed by atoms with E-state index in [-0.39, 0.29) is 18.3 Å². The molecule has 0 aromatic heterocycles. The van der Waals surface area contributed by atoms with Crippen molar-refractivity contribution in [2.24, 2.45) is 0 Å². The van der Waals surface area contributed by atoms with Crippen LogP contribution in [0.2, 0.25) is 5.02 Å². The zero-order valence-electron chi connectivity index (χ0n) is 13.4. The Hall–Kier alpha value is -2.66. The maximum Gasteiger partial charge on any atom is 0.338 e. The number of hydrogen-bond acceptors (Lipinski definition) is 4. The summed E-state index contributed by atoms with van der Waals surface area (Å²) in [6, 6.07) is 13.1. The van der Waals surface area contributed by atoms with Crippen molar-refractivity contribution < 1.29 is 19.1 Å². The topological polar surface area (TPSA) is 63.7 Å². The number of ether oxygens (including phenoxy) is 1. The van der Waals surface area contributed by atoms with E-state index in [1.807, 2.05) is 0 Å². The number of anilines is 1. The predicted octanol–water partition coefficient (Wildman–Crippen LogP) is 3.51. The van der Waals surface area contributed by atoms with Crippen LogP contribution < -0.4 is 4.90 Å². The van der Waals surface area contributed by atoms with Gasteiger partial charge in [-0.15, -0.1) is 0 Å². The van der Waals surface area contributed by atoms with Gasteiger partial charge in [0.2, 0.25) is 5.91 Å². The third kappa shape index (κ3) is 4.06. The first-order valence-electron chi connectivity index (χ1n) is 7.91. The molecular formula is C19H16ClNO4. The average molecular weight is 358 g/mol. The SMILES string of the molecule is O=C(COC(=O)c1cccc(Cl)c1)c1ccc(N2CCCC2=O)cc1. The summed E-state index contributed by atoms with van der Waals surface area (Å²) < 4.78 is 5.03. The minimum atomic E-state index is -0.602. The molecule has 2 aromatic carbocycles. The summed E-state index contributed by atoms with van der Waals surface area (Å²) in [5.41, 5.74) is 1.49. The first-order chi connectivity index (χ1) is 12.0. The van der Waals surface area contributed by atoms with Gasteiger partial charge in [-0.2, -0.15) is 0 Å². The highest BCUT2D eigenvalue weighted by Gasteiger charge is 2.21. The molecule has 3 rings (SSSR count). The van der Waals surface area contributed by atoms with Gasteiger partial charge >= 0.3 is 5.97 Å². The summed E-state index contributed by atoms with van der Waals surface area (Å²) in [7, 11) is 0. The third-order valence-corrected chi connectivity index (χ3v) is 4.20. The summed E-state index contributed by atoms with van der Waals surface area (Å²) in [6.07, 6.45) is 1.40. The first-order valence-corrected chi connectivity index (χ1v) is 8.29. The van der Waals surface area contributed by atoms with Crippen molar-refractivity contribution in [3.63, 3.8) is 0 Å². The van der Waals surface area contributed by atoms with Crippen LogP contribution in [0.25, 0.3) is 0 Å². The third-order valence-electron chi connectivity index (χ3n) is 3.97. The van der Waals surface area contributed by atoms with Gasteiger partial charge in [0.05, 0.1) is 5.56 Å². The summed E-state index contributed by atoms with van der Waals surface area (Å²) in [5, 5.41) is 0.424. The van der Waals surface area contributed by atoms with Crippen LogP contribution in [0, 0.1) is 0 Å². The fourth-order valence-corrected chi connectivity index (χ4v) is 2.85. The van der Waals surface area contributed by atoms with Crippen LogP contribution in [0.1, 0.15) is 33.6 Å². The molecule has 0 radical (unpaired) electrons. The van der Waals surface area contributed by atoms with E-state index in [0.29, 0.717) is 29.1 Å². The standard InChI is InChI=1S/C19H16ClNO4/c20-15-4-1-3-14(11-15)19(24)25-12-17(22)13-6-8-16(9-7-13)21-10-2-5-18(21)23/h1,3-4,6-9,11H,2,5,10,12H2. The van der Waals surface area contributed by atoms with Gasteiger partial charge in [0.25, 0.3) is 0 Å². The first kappa shape index (κ1) is 17.2. The fourth-order valence-electron chi connectivity index (χ4n) is 2.66. The minimum absolute atomic E-state index is 0.0922. The number of ketones is 1. The number of amides is 1. The summed E-state index contributed by atoms with van der Waals surface area (Å²) in [6.45, 7) is 0.344. The Morgan fingerprint density at radius 3 is 2.48 bits per heavy atom. The quantitative estimate of drug-likeness (QED) is 0.607. The van der Waals surface area contributed by atoms with Crippen molar-refractivity contribution in [1.82, 2.24) is 0 Å². The average Bonchev–Trinajstić information content (AvgIpc) is 3.05. The van der Waals surface area contributed by atoms with Crippen LogP contribution >= 0.6 is 11.6 Å². The van der Waals surface area contributed by atoms with Crippen LogP contribution in [0.3, 0.4) is 0 Å². The highest BCUT2D eigenvalue weighted by Crippen LogP contribution is 2.21. The van der Waals surface area contributed by atoms with E-state index in [4.69, 9.17) is 16.3 Å². The highest BCUT2D eigenvalue weighted by atomic mass is 35.5. The molecule has 1 fully saturated rings.